The highest BCUT2D eigenvalue weighted by Gasteiger charge is 2.48. The van der Waals surface area contributed by atoms with Crippen LogP contribution < -0.4 is 0 Å². The minimum absolute atomic E-state index is 0.0114. The van der Waals surface area contributed by atoms with Crippen molar-refractivity contribution >= 4 is 11.9 Å². The van der Waals surface area contributed by atoms with E-state index in [1.165, 1.54) is 4.90 Å². The number of aliphatic hydroxyl groups is 2. The molecule has 104 valence electrons. The second kappa shape index (κ2) is 5.64. The maximum Gasteiger partial charge on any atom is 0.364 e. The first-order chi connectivity index (χ1) is 8.30. The molecule has 0 saturated carbocycles. The molecule has 1 fully saturated rings. The van der Waals surface area contributed by atoms with Crippen LogP contribution in [0.25, 0.3) is 0 Å². The van der Waals surface area contributed by atoms with Crippen molar-refractivity contribution in [3.8, 4) is 0 Å². The van der Waals surface area contributed by atoms with Gasteiger partial charge in [-0.05, 0) is 6.42 Å². The summed E-state index contributed by atoms with van der Waals surface area (Å²) in [5.41, 5.74) is 0. The van der Waals surface area contributed by atoms with Crippen LogP contribution in [0.3, 0.4) is 0 Å². The third kappa shape index (κ3) is 3.18. The fourth-order valence-corrected chi connectivity index (χ4v) is 1.96. The molecule has 0 spiro atoms. The van der Waals surface area contributed by atoms with Crippen LogP contribution in [0.15, 0.2) is 0 Å². The number of carbonyl (C=O) groups is 2. The summed E-state index contributed by atoms with van der Waals surface area (Å²) in [7, 11) is 1.57. The van der Waals surface area contributed by atoms with Crippen molar-refractivity contribution in [3.05, 3.63) is 0 Å². The standard InChI is InChI=1S/C11H19NO6/c1-3-4-12(2)9(14)8-5-7(13)6-11(17,18-8)10(15)16/h7-8,13,17H,3-6H2,1-2H3,(H,15,16)/t7?,8-,11?/m1/s1. The van der Waals surface area contributed by atoms with Gasteiger partial charge in [0.1, 0.15) is 6.10 Å². The number of likely N-dealkylation sites (N-methyl/N-ethyl adjacent to an activating group) is 1. The van der Waals surface area contributed by atoms with Crippen LogP contribution in [0, 0.1) is 0 Å². The molecule has 3 N–H and O–H groups in total. The van der Waals surface area contributed by atoms with Crippen molar-refractivity contribution in [2.45, 2.75) is 44.2 Å². The lowest BCUT2D eigenvalue weighted by atomic mass is 9.97. The SMILES string of the molecule is CCCN(C)C(=O)[C@H]1CC(O)CC(O)(C(=O)O)O1. The highest BCUT2D eigenvalue weighted by molar-refractivity contribution is 5.82. The van der Waals surface area contributed by atoms with Crippen LogP contribution >= 0.6 is 0 Å². The number of hydrogen-bond donors (Lipinski definition) is 3. The molecular weight excluding hydrogens is 242 g/mol. The average molecular weight is 261 g/mol. The topological polar surface area (TPSA) is 107 Å². The summed E-state index contributed by atoms with van der Waals surface area (Å²) in [6.45, 7) is 2.40. The van der Waals surface area contributed by atoms with Gasteiger partial charge in [-0.15, -0.1) is 0 Å². The lowest BCUT2D eigenvalue weighted by Gasteiger charge is -2.37. The van der Waals surface area contributed by atoms with E-state index in [2.05, 4.69) is 0 Å². The smallest absolute Gasteiger partial charge is 0.364 e. The Hall–Kier alpha value is -1.18. The molecule has 2 unspecified atom stereocenters. The first-order valence-electron chi connectivity index (χ1n) is 5.86. The molecule has 1 saturated heterocycles. The van der Waals surface area contributed by atoms with Crippen LogP contribution in [-0.2, 0) is 14.3 Å². The van der Waals surface area contributed by atoms with E-state index < -0.39 is 36.3 Å². The Labute approximate surface area is 105 Å². The number of nitrogens with zero attached hydrogens (tertiary/aromatic N) is 1. The molecule has 1 rings (SSSR count). The predicted molar refractivity (Wildman–Crippen MR) is 60.6 cm³/mol. The van der Waals surface area contributed by atoms with Gasteiger partial charge in [-0.3, -0.25) is 4.79 Å². The van der Waals surface area contributed by atoms with E-state index in [1.54, 1.807) is 7.05 Å². The van der Waals surface area contributed by atoms with Gasteiger partial charge in [-0.2, -0.15) is 0 Å². The number of carbonyl (C=O) groups excluding carboxylic acids is 1. The first-order valence-corrected chi connectivity index (χ1v) is 5.86. The van der Waals surface area contributed by atoms with Gasteiger partial charge >= 0.3 is 5.97 Å². The molecule has 0 aromatic heterocycles. The number of ether oxygens (including phenoxy) is 1. The fourth-order valence-electron chi connectivity index (χ4n) is 1.96. The summed E-state index contributed by atoms with van der Waals surface area (Å²) in [5, 5.41) is 28.1. The number of carboxylic acid groups (broad SMARTS) is 1. The van der Waals surface area contributed by atoms with E-state index in [9.17, 15) is 19.8 Å². The predicted octanol–water partition coefficient (Wildman–Crippen LogP) is -0.832. The molecular formula is C11H19NO6. The Morgan fingerprint density at radius 1 is 1.50 bits per heavy atom. The summed E-state index contributed by atoms with van der Waals surface area (Å²) >= 11 is 0. The van der Waals surface area contributed by atoms with Gasteiger partial charge in [-0.25, -0.2) is 4.79 Å². The van der Waals surface area contributed by atoms with Crippen molar-refractivity contribution in [2.75, 3.05) is 13.6 Å². The van der Waals surface area contributed by atoms with Crippen molar-refractivity contribution < 1.29 is 29.6 Å². The van der Waals surface area contributed by atoms with E-state index >= 15 is 0 Å². The number of amides is 1. The zero-order valence-electron chi connectivity index (χ0n) is 10.5. The number of aliphatic carboxylic acids is 1. The molecule has 1 amide bonds. The molecule has 0 aliphatic carbocycles. The van der Waals surface area contributed by atoms with Gasteiger partial charge in [0, 0.05) is 26.4 Å². The second-order valence-electron chi connectivity index (χ2n) is 4.55. The Morgan fingerprint density at radius 3 is 2.61 bits per heavy atom. The highest BCUT2D eigenvalue weighted by Crippen LogP contribution is 2.28. The zero-order valence-corrected chi connectivity index (χ0v) is 10.5. The number of carboxylic acids is 1. The lowest BCUT2D eigenvalue weighted by molar-refractivity contribution is -0.267. The maximum atomic E-state index is 11.9. The third-order valence-electron chi connectivity index (χ3n) is 2.88. The zero-order chi connectivity index (χ0) is 13.9. The van der Waals surface area contributed by atoms with Gasteiger partial charge in [0.2, 0.25) is 0 Å². The second-order valence-corrected chi connectivity index (χ2v) is 4.55. The number of aliphatic hydroxyl groups excluding tert-OH is 1. The molecule has 7 heteroatoms. The normalized spacial score (nSPS) is 32.0. The minimum atomic E-state index is -2.49. The summed E-state index contributed by atoms with van der Waals surface area (Å²) in [4.78, 5) is 24.2. The van der Waals surface area contributed by atoms with Gasteiger partial charge in [0.05, 0.1) is 6.10 Å². The molecule has 0 aromatic carbocycles. The Balaban J connectivity index is 2.78. The lowest BCUT2D eigenvalue weighted by Crippen LogP contribution is -2.55. The molecule has 7 nitrogen and oxygen atoms in total. The van der Waals surface area contributed by atoms with Crippen LogP contribution in [0.2, 0.25) is 0 Å². The molecule has 1 aliphatic rings. The summed E-state index contributed by atoms with van der Waals surface area (Å²) in [6, 6.07) is 0. The number of rotatable bonds is 4. The Kier molecular flexibility index (Phi) is 4.66. The van der Waals surface area contributed by atoms with E-state index in [1.807, 2.05) is 6.92 Å². The number of hydrogen-bond acceptors (Lipinski definition) is 5. The highest BCUT2D eigenvalue weighted by atomic mass is 16.7. The van der Waals surface area contributed by atoms with E-state index in [4.69, 9.17) is 9.84 Å². The van der Waals surface area contributed by atoms with Crippen molar-refractivity contribution in [1.82, 2.24) is 4.90 Å². The first kappa shape index (κ1) is 14.9. The molecule has 1 heterocycles. The van der Waals surface area contributed by atoms with Gasteiger partial charge in [0.15, 0.2) is 0 Å². The van der Waals surface area contributed by atoms with E-state index in [0.717, 1.165) is 6.42 Å². The van der Waals surface area contributed by atoms with Gasteiger partial charge in [0.25, 0.3) is 11.7 Å². The molecule has 0 radical (unpaired) electrons. The third-order valence-corrected chi connectivity index (χ3v) is 2.88. The summed E-state index contributed by atoms with van der Waals surface area (Å²) in [5.74, 6) is -4.53. The van der Waals surface area contributed by atoms with Crippen molar-refractivity contribution in [1.29, 1.82) is 0 Å². The molecule has 18 heavy (non-hydrogen) atoms. The van der Waals surface area contributed by atoms with Crippen LogP contribution in [0.4, 0.5) is 0 Å². The quantitative estimate of drug-likeness (QED) is 0.609. The monoisotopic (exact) mass is 261 g/mol. The van der Waals surface area contributed by atoms with E-state index in [0.29, 0.717) is 6.54 Å². The largest absolute Gasteiger partial charge is 0.477 e. The molecule has 0 aromatic rings. The fraction of sp³-hybridized carbons (Fsp3) is 0.818. The molecule has 0 bridgehead atoms. The van der Waals surface area contributed by atoms with Gasteiger partial charge in [-0.1, -0.05) is 6.92 Å². The average Bonchev–Trinajstić information content (AvgIpc) is 2.27. The van der Waals surface area contributed by atoms with Crippen LogP contribution in [0.5, 0.6) is 0 Å². The van der Waals surface area contributed by atoms with Crippen molar-refractivity contribution in [2.24, 2.45) is 0 Å². The minimum Gasteiger partial charge on any atom is -0.477 e. The Bertz CT molecular complexity index is 333. The molecule has 1 aliphatic heterocycles. The van der Waals surface area contributed by atoms with Gasteiger partial charge < -0.3 is 25.0 Å². The van der Waals surface area contributed by atoms with Crippen LogP contribution in [-0.4, -0.2) is 63.7 Å². The summed E-state index contributed by atoms with van der Waals surface area (Å²) < 4.78 is 4.94. The van der Waals surface area contributed by atoms with E-state index in [-0.39, 0.29) is 6.42 Å². The van der Waals surface area contributed by atoms with Crippen LogP contribution in [0.1, 0.15) is 26.2 Å². The molecule has 3 atom stereocenters. The maximum absolute atomic E-state index is 11.9. The summed E-state index contributed by atoms with van der Waals surface area (Å²) in [6.07, 6.45) is -1.91. The van der Waals surface area contributed by atoms with Crippen molar-refractivity contribution in [3.63, 3.8) is 0 Å². The Morgan fingerprint density at radius 2 is 2.11 bits per heavy atom.